The highest BCUT2D eigenvalue weighted by Gasteiger charge is 2.67. The fraction of sp³-hybridized carbons (Fsp3) is 0.381. The van der Waals surface area contributed by atoms with Crippen molar-refractivity contribution in [2.75, 3.05) is 28.3 Å². The molecule has 4 saturated carbocycles. The van der Waals surface area contributed by atoms with Crippen molar-refractivity contribution in [2.45, 2.75) is 36.5 Å². The largest absolute Gasteiger partial charge is 0.275 e. The van der Waals surface area contributed by atoms with Crippen LogP contribution in [0.1, 0.15) is 47.9 Å². The van der Waals surface area contributed by atoms with Crippen LogP contribution in [0.3, 0.4) is 0 Å². The van der Waals surface area contributed by atoms with E-state index in [0.29, 0.717) is 23.7 Å². The van der Waals surface area contributed by atoms with Gasteiger partial charge in [-0.3, -0.25) is 19.3 Å². The maximum atomic E-state index is 12.4. The molecule has 4 aromatic rings. The van der Waals surface area contributed by atoms with Crippen LogP contribution < -0.4 is 0 Å². The summed E-state index contributed by atoms with van der Waals surface area (Å²) in [5.74, 6) is 2.49. The Morgan fingerprint density at radius 2 is 0.792 bits per heavy atom. The van der Waals surface area contributed by atoms with Gasteiger partial charge in [-0.15, -0.1) is 0 Å². The molecule has 0 N–H and O–H groups in total. The van der Waals surface area contributed by atoms with Gasteiger partial charge < -0.3 is 0 Å². The first-order valence-corrected chi connectivity index (χ1v) is 17.2. The monoisotopic (exact) mass is 642 g/mol. The second kappa shape index (κ2) is 13.0. The molecule has 6 atom stereocenters. The molecule has 4 aliphatic carbocycles. The van der Waals surface area contributed by atoms with Gasteiger partial charge in [-0.25, -0.2) is 10.1 Å². The minimum Gasteiger partial charge on any atom is -0.275 e. The Morgan fingerprint density at radius 1 is 0.521 bits per heavy atom. The Morgan fingerprint density at radius 3 is 1.04 bits per heavy atom. The van der Waals surface area contributed by atoms with Gasteiger partial charge in [0.2, 0.25) is 11.8 Å². The second-order valence-corrected chi connectivity index (χ2v) is 14.1. The molecular weight excluding hydrogens is 596 g/mol. The predicted octanol–water partition coefficient (Wildman–Crippen LogP) is 7.30. The summed E-state index contributed by atoms with van der Waals surface area (Å²) >= 11 is 0. The summed E-state index contributed by atoms with van der Waals surface area (Å²) in [4.78, 5) is 34.9. The number of hydrogen-bond donors (Lipinski definition) is 0. The molecule has 0 saturated heterocycles. The lowest BCUT2D eigenvalue weighted by atomic mass is 9.84. The van der Waals surface area contributed by atoms with Crippen molar-refractivity contribution in [1.29, 1.82) is 0 Å². The van der Waals surface area contributed by atoms with E-state index >= 15 is 0 Å². The van der Waals surface area contributed by atoms with Crippen LogP contribution in [0.15, 0.2) is 121 Å². The molecular formula is C42H46N2O4. The molecule has 0 unspecified atom stereocenters. The predicted molar refractivity (Wildman–Crippen MR) is 186 cm³/mol. The van der Waals surface area contributed by atoms with Gasteiger partial charge in [0.05, 0.1) is 14.2 Å². The molecule has 6 heteroatoms. The summed E-state index contributed by atoms with van der Waals surface area (Å²) in [6, 6.07) is 43.0. The van der Waals surface area contributed by atoms with Crippen LogP contribution in [-0.2, 0) is 30.1 Å². The van der Waals surface area contributed by atoms with E-state index < -0.39 is 0 Å². The Balaban J connectivity index is 0.000000152. The van der Waals surface area contributed by atoms with E-state index in [4.69, 9.17) is 9.68 Å². The van der Waals surface area contributed by atoms with Crippen molar-refractivity contribution in [1.82, 2.24) is 10.1 Å². The number of carbonyl (C=O) groups excluding carboxylic acids is 2. The third-order valence-electron chi connectivity index (χ3n) is 11.7. The molecule has 6 nitrogen and oxygen atoms in total. The van der Waals surface area contributed by atoms with E-state index in [0.717, 1.165) is 25.7 Å². The zero-order valence-electron chi connectivity index (χ0n) is 28.4. The first kappa shape index (κ1) is 32.3. The minimum atomic E-state index is 0.0772. The summed E-state index contributed by atoms with van der Waals surface area (Å²) in [5, 5.41) is 2.75. The van der Waals surface area contributed by atoms with Crippen molar-refractivity contribution < 1.29 is 19.3 Å². The maximum absolute atomic E-state index is 12.4. The van der Waals surface area contributed by atoms with Gasteiger partial charge in [-0.2, -0.15) is 0 Å². The zero-order valence-corrected chi connectivity index (χ0v) is 28.4. The molecule has 0 bridgehead atoms. The van der Waals surface area contributed by atoms with Crippen LogP contribution in [0.5, 0.6) is 0 Å². The van der Waals surface area contributed by atoms with Crippen LogP contribution in [0.25, 0.3) is 0 Å². The van der Waals surface area contributed by atoms with Gasteiger partial charge in [-0.1, -0.05) is 121 Å². The number of rotatable bonds is 10. The van der Waals surface area contributed by atoms with Crippen molar-refractivity contribution in [3.05, 3.63) is 144 Å². The minimum absolute atomic E-state index is 0.0772. The Kier molecular flexibility index (Phi) is 8.73. The molecule has 0 spiro atoms. The van der Waals surface area contributed by atoms with Gasteiger partial charge in [0.15, 0.2) is 0 Å². The second-order valence-electron chi connectivity index (χ2n) is 14.1. The Bertz CT molecular complexity index is 1510. The molecule has 4 aliphatic rings. The molecule has 0 heterocycles. The summed E-state index contributed by atoms with van der Waals surface area (Å²) in [5.41, 5.74) is 5.65. The maximum Gasteiger partial charge on any atom is 0.249 e. The van der Waals surface area contributed by atoms with Crippen molar-refractivity contribution in [3.63, 3.8) is 0 Å². The molecule has 0 aromatic heterocycles. The Hall–Kier alpha value is -4.26. The molecule has 0 radical (unpaired) electrons. The average Bonchev–Trinajstić information content (AvgIpc) is 3.96. The van der Waals surface area contributed by atoms with Gasteiger partial charge in [-0.05, 0) is 71.6 Å². The molecule has 248 valence electrons. The molecule has 8 rings (SSSR count). The normalized spacial score (nSPS) is 26.7. The quantitative estimate of drug-likeness (QED) is 0.171. The van der Waals surface area contributed by atoms with Crippen LogP contribution >= 0.6 is 0 Å². The van der Waals surface area contributed by atoms with E-state index in [1.165, 1.54) is 32.4 Å². The lowest BCUT2D eigenvalue weighted by molar-refractivity contribution is -0.171. The van der Waals surface area contributed by atoms with Crippen molar-refractivity contribution in [3.8, 4) is 0 Å². The number of hydrogen-bond acceptors (Lipinski definition) is 4. The van der Waals surface area contributed by atoms with Crippen LogP contribution in [-0.4, -0.2) is 50.3 Å². The van der Waals surface area contributed by atoms with Crippen LogP contribution in [0, 0.1) is 35.5 Å². The fourth-order valence-electron chi connectivity index (χ4n) is 8.75. The first-order valence-electron chi connectivity index (χ1n) is 17.2. The summed E-state index contributed by atoms with van der Waals surface area (Å²) in [7, 11) is 6.49. The van der Waals surface area contributed by atoms with E-state index in [2.05, 4.69) is 121 Å². The number of hydroxylamine groups is 4. The van der Waals surface area contributed by atoms with Crippen molar-refractivity contribution >= 4 is 11.8 Å². The third kappa shape index (κ3) is 5.75. The Labute approximate surface area is 284 Å². The molecule has 4 fully saturated rings. The number of nitrogens with zero attached hydrogens (tertiary/aromatic N) is 2. The summed E-state index contributed by atoms with van der Waals surface area (Å²) < 4.78 is 0. The first-order chi connectivity index (χ1) is 23.4. The van der Waals surface area contributed by atoms with E-state index in [9.17, 15) is 9.59 Å². The third-order valence-corrected chi connectivity index (χ3v) is 11.7. The molecule has 0 aliphatic heterocycles. The molecule has 2 amide bonds. The SMILES string of the molecule is CON(C)C(=O)[C@@H]1C[C@H]1[C@@H]1CC1(c1ccccc1)c1ccccc1.CON(C)C(=O)[C@H]1C[C@@H]1[C@H]1CC1(c1ccccc1)c1ccccc1. The zero-order chi connectivity index (χ0) is 33.5. The highest BCUT2D eigenvalue weighted by atomic mass is 16.7. The van der Waals surface area contributed by atoms with Crippen molar-refractivity contribution in [2.24, 2.45) is 35.5 Å². The lowest BCUT2D eigenvalue weighted by Gasteiger charge is -2.19. The summed E-state index contributed by atoms with van der Waals surface area (Å²) in [6.45, 7) is 0. The van der Waals surface area contributed by atoms with Gasteiger partial charge in [0, 0.05) is 36.8 Å². The van der Waals surface area contributed by atoms with E-state index in [1.807, 2.05) is 0 Å². The fourth-order valence-corrected chi connectivity index (χ4v) is 8.75. The smallest absolute Gasteiger partial charge is 0.249 e. The van der Waals surface area contributed by atoms with Gasteiger partial charge in [0.1, 0.15) is 0 Å². The van der Waals surface area contributed by atoms with Gasteiger partial charge in [0.25, 0.3) is 0 Å². The van der Waals surface area contributed by atoms with E-state index in [1.54, 1.807) is 28.3 Å². The average molecular weight is 643 g/mol. The standard InChI is InChI=1S/2C21H23NO2/c2*1-22(24-2)20(23)18-13-17(18)19-14-21(19,15-9-5-3-6-10-15)16-11-7-4-8-12-16/h2*3-12,17-19H,13-14H2,1-2H3/t2*17-,18-,19+/m10/s1. The topological polar surface area (TPSA) is 59.1 Å². The highest BCUT2D eigenvalue weighted by Crippen LogP contribution is 2.69. The summed E-state index contributed by atoms with van der Waals surface area (Å²) in [6.07, 6.45) is 4.23. The highest BCUT2D eigenvalue weighted by molar-refractivity contribution is 5.81. The number of benzene rings is 4. The molecule has 4 aromatic carbocycles. The number of carbonyl (C=O) groups is 2. The number of amides is 2. The molecule has 48 heavy (non-hydrogen) atoms. The van der Waals surface area contributed by atoms with Crippen LogP contribution in [0.4, 0.5) is 0 Å². The van der Waals surface area contributed by atoms with Gasteiger partial charge >= 0.3 is 0 Å². The van der Waals surface area contributed by atoms with E-state index in [-0.39, 0.29) is 34.5 Å². The lowest BCUT2D eigenvalue weighted by Crippen LogP contribution is -2.27. The van der Waals surface area contributed by atoms with Crippen LogP contribution in [0.2, 0.25) is 0 Å².